The minimum absolute atomic E-state index is 0.617. The molecule has 0 amide bonds. The first-order valence-electron chi connectivity index (χ1n) is 2.89. The van der Waals surface area contributed by atoms with Gasteiger partial charge in [-0.25, -0.2) is 9.97 Å². The second kappa shape index (κ2) is 3.96. The zero-order chi connectivity index (χ0) is 8.43. The molecular formula is C6H5Br3N2. The Hall–Kier alpha value is 0.520. The van der Waals surface area contributed by atoms with Crippen LogP contribution in [0.25, 0.3) is 0 Å². The number of nitrogens with zero attached hydrogens (tertiary/aromatic N) is 2. The van der Waals surface area contributed by atoms with Crippen LogP contribution in [-0.2, 0) is 5.33 Å². The van der Waals surface area contributed by atoms with Crippen molar-refractivity contribution in [1.82, 2.24) is 9.97 Å². The molecule has 0 saturated carbocycles. The van der Waals surface area contributed by atoms with Crippen molar-refractivity contribution in [3.8, 4) is 0 Å². The molecule has 1 aromatic heterocycles. The van der Waals surface area contributed by atoms with E-state index in [9.17, 15) is 0 Å². The lowest BCUT2D eigenvalue weighted by molar-refractivity contribution is 0.996. The average molecular weight is 345 g/mol. The number of aryl methyl sites for hydroxylation is 1. The molecule has 0 aromatic carbocycles. The minimum Gasteiger partial charge on any atom is -0.227 e. The SMILES string of the molecule is Cc1nc(Br)nc(Br)c1CBr. The van der Waals surface area contributed by atoms with E-state index in [4.69, 9.17) is 0 Å². The molecule has 5 heteroatoms. The molecule has 1 aromatic rings. The number of hydrogen-bond donors (Lipinski definition) is 0. The van der Waals surface area contributed by atoms with Crippen LogP contribution in [0.4, 0.5) is 0 Å². The van der Waals surface area contributed by atoms with E-state index >= 15 is 0 Å². The van der Waals surface area contributed by atoms with Crippen molar-refractivity contribution in [2.45, 2.75) is 12.3 Å². The number of alkyl halides is 1. The maximum absolute atomic E-state index is 4.15. The fraction of sp³-hybridized carbons (Fsp3) is 0.333. The highest BCUT2D eigenvalue weighted by atomic mass is 79.9. The van der Waals surface area contributed by atoms with Gasteiger partial charge in [0, 0.05) is 16.6 Å². The van der Waals surface area contributed by atoms with Crippen molar-refractivity contribution >= 4 is 47.8 Å². The summed E-state index contributed by atoms with van der Waals surface area (Å²) in [7, 11) is 0. The molecule has 1 rings (SSSR count). The molecule has 0 unspecified atom stereocenters. The summed E-state index contributed by atoms with van der Waals surface area (Å²) < 4.78 is 1.46. The summed E-state index contributed by atoms with van der Waals surface area (Å²) in [5, 5.41) is 0.771. The second-order valence-electron chi connectivity index (χ2n) is 1.98. The van der Waals surface area contributed by atoms with Gasteiger partial charge >= 0.3 is 0 Å². The van der Waals surface area contributed by atoms with Crippen molar-refractivity contribution in [2.24, 2.45) is 0 Å². The summed E-state index contributed by atoms with van der Waals surface area (Å²) in [5.41, 5.74) is 2.07. The van der Waals surface area contributed by atoms with Gasteiger partial charge < -0.3 is 0 Å². The number of aromatic nitrogens is 2. The highest BCUT2D eigenvalue weighted by Crippen LogP contribution is 2.21. The van der Waals surface area contributed by atoms with Gasteiger partial charge in [0.05, 0.1) is 0 Å². The topological polar surface area (TPSA) is 25.8 Å². The maximum atomic E-state index is 4.15. The zero-order valence-corrected chi connectivity index (χ0v) is 10.5. The Morgan fingerprint density at radius 1 is 1.27 bits per heavy atom. The van der Waals surface area contributed by atoms with Crippen LogP contribution >= 0.6 is 47.8 Å². The normalized spacial score (nSPS) is 10.2. The van der Waals surface area contributed by atoms with Gasteiger partial charge in [-0.05, 0) is 38.8 Å². The molecule has 2 nitrogen and oxygen atoms in total. The van der Waals surface area contributed by atoms with E-state index in [1.54, 1.807) is 0 Å². The van der Waals surface area contributed by atoms with Crippen LogP contribution in [0, 0.1) is 6.92 Å². The molecule has 0 fully saturated rings. The Morgan fingerprint density at radius 3 is 2.36 bits per heavy atom. The molecule has 0 spiro atoms. The van der Waals surface area contributed by atoms with Gasteiger partial charge in [0.1, 0.15) is 4.60 Å². The van der Waals surface area contributed by atoms with Crippen LogP contribution in [-0.4, -0.2) is 9.97 Å². The molecule has 0 aliphatic heterocycles. The summed E-state index contributed by atoms with van der Waals surface area (Å²) in [5.74, 6) is 0. The molecule has 60 valence electrons. The minimum atomic E-state index is 0.617. The van der Waals surface area contributed by atoms with Crippen LogP contribution < -0.4 is 0 Å². The molecule has 0 bridgehead atoms. The summed E-state index contributed by atoms with van der Waals surface area (Å²) in [6.07, 6.45) is 0. The predicted molar refractivity (Wildman–Crippen MR) is 54.8 cm³/mol. The first-order chi connectivity index (χ1) is 5.15. The Bertz CT molecular complexity index is 252. The first-order valence-corrected chi connectivity index (χ1v) is 5.60. The lowest BCUT2D eigenvalue weighted by Gasteiger charge is -2.02. The molecule has 0 saturated heterocycles. The fourth-order valence-corrected chi connectivity index (χ4v) is 3.00. The molecule has 0 aliphatic rings. The van der Waals surface area contributed by atoms with Crippen LogP contribution in [0.15, 0.2) is 9.34 Å². The summed E-state index contributed by atoms with van der Waals surface area (Å²) in [6, 6.07) is 0. The van der Waals surface area contributed by atoms with Gasteiger partial charge in [-0.2, -0.15) is 0 Å². The smallest absolute Gasteiger partial charge is 0.197 e. The Kier molecular flexibility index (Phi) is 3.46. The Labute approximate surface area is 90.2 Å². The third kappa shape index (κ3) is 2.23. The van der Waals surface area contributed by atoms with Gasteiger partial charge in [0.2, 0.25) is 0 Å². The largest absolute Gasteiger partial charge is 0.227 e. The van der Waals surface area contributed by atoms with E-state index in [1.807, 2.05) is 6.92 Å². The number of hydrogen-bond acceptors (Lipinski definition) is 2. The molecule has 0 radical (unpaired) electrons. The molecule has 1 heterocycles. The van der Waals surface area contributed by atoms with E-state index in [-0.39, 0.29) is 0 Å². The molecule has 0 N–H and O–H groups in total. The average Bonchev–Trinajstić information content (AvgIpc) is 1.85. The van der Waals surface area contributed by atoms with Crippen molar-refractivity contribution < 1.29 is 0 Å². The van der Waals surface area contributed by atoms with Crippen LogP contribution in [0.1, 0.15) is 11.3 Å². The quantitative estimate of drug-likeness (QED) is 0.444. The maximum Gasteiger partial charge on any atom is 0.197 e. The van der Waals surface area contributed by atoms with Crippen molar-refractivity contribution in [2.75, 3.05) is 0 Å². The van der Waals surface area contributed by atoms with Gasteiger partial charge in [0.25, 0.3) is 0 Å². The first kappa shape index (κ1) is 9.61. The monoisotopic (exact) mass is 342 g/mol. The number of rotatable bonds is 1. The third-order valence-corrected chi connectivity index (χ3v) is 2.84. The lowest BCUT2D eigenvalue weighted by atomic mass is 10.3. The fourth-order valence-electron chi connectivity index (χ4n) is 0.680. The van der Waals surface area contributed by atoms with Gasteiger partial charge in [-0.15, -0.1) is 0 Å². The van der Waals surface area contributed by atoms with Gasteiger partial charge in [-0.3, -0.25) is 0 Å². The predicted octanol–water partition coefficient (Wildman–Crippen LogP) is 3.20. The molecule has 0 aliphatic carbocycles. The van der Waals surface area contributed by atoms with Crippen LogP contribution in [0.2, 0.25) is 0 Å². The van der Waals surface area contributed by atoms with Crippen LogP contribution in [0.5, 0.6) is 0 Å². The van der Waals surface area contributed by atoms with Gasteiger partial charge in [0.15, 0.2) is 4.73 Å². The van der Waals surface area contributed by atoms with E-state index in [1.165, 1.54) is 0 Å². The Morgan fingerprint density at radius 2 is 1.91 bits per heavy atom. The lowest BCUT2D eigenvalue weighted by Crippen LogP contribution is -1.95. The van der Waals surface area contributed by atoms with E-state index in [2.05, 4.69) is 57.8 Å². The second-order valence-corrected chi connectivity index (χ2v) is 4.00. The highest BCUT2D eigenvalue weighted by molar-refractivity contribution is 9.11. The number of halogens is 3. The standard InChI is InChI=1S/C6H5Br3N2/c1-3-4(2-7)5(8)11-6(9)10-3/h2H2,1H3. The van der Waals surface area contributed by atoms with E-state index in [0.29, 0.717) is 4.73 Å². The van der Waals surface area contributed by atoms with Crippen molar-refractivity contribution in [3.63, 3.8) is 0 Å². The van der Waals surface area contributed by atoms with E-state index in [0.717, 1.165) is 21.2 Å². The van der Waals surface area contributed by atoms with Crippen molar-refractivity contribution in [1.29, 1.82) is 0 Å². The third-order valence-electron chi connectivity index (χ3n) is 1.27. The molecule has 0 atom stereocenters. The molecule has 11 heavy (non-hydrogen) atoms. The van der Waals surface area contributed by atoms with Crippen LogP contribution in [0.3, 0.4) is 0 Å². The Balaban J connectivity index is 3.25. The zero-order valence-electron chi connectivity index (χ0n) is 5.74. The summed E-state index contributed by atoms with van der Waals surface area (Å²) in [6.45, 7) is 1.95. The van der Waals surface area contributed by atoms with Crippen molar-refractivity contribution in [3.05, 3.63) is 20.6 Å². The summed E-state index contributed by atoms with van der Waals surface area (Å²) in [4.78, 5) is 8.25. The molecular weight excluding hydrogens is 340 g/mol. The summed E-state index contributed by atoms with van der Waals surface area (Å²) >= 11 is 9.91. The highest BCUT2D eigenvalue weighted by Gasteiger charge is 2.05. The van der Waals surface area contributed by atoms with E-state index < -0.39 is 0 Å². The van der Waals surface area contributed by atoms with Gasteiger partial charge in [-0.1, -0.05) is 15.9 Å².